The van der Waals surface area contributed by atoms with Crippen LogP contribution in [0, 0.1) is 0 Å². The van der Waals surface area contributed by atoms with E-state index in [-0.39, 0.29) is 5.43 Å². The molecule has 0 fully saturated rings. The molecule has 0 spiro atoms. The van der Waals surface area contributed by atoms with Crippen LogP contribution in [-0.2, 0) is 4.79 Å². The van der Waals surface area contributed by atoms with Crippen LogP contribution in [0.25, 0.3) is 10.9 Å². The Labute approximate surface area is 109 Å². The molecular formula is C14H14NO4-. The number of fused-ring (bicyclic) bond motifs is 1. The van der Waals surface area contributed by atoms with Crippen molar-refractivity contribution < 1.29 is 14.6 Å². The monoisotopic (exact) mass is 260 g/mol. The number of benzene rings is 1. The summed E-state index contributed by atoms with van der Waals surface area (Å²) in [4.78, 5) is 26.0. The summed E-state index contributed by atoms with van der Waals surface area (Å²) in [5.41, 5.74) is 0.718. The molecule has 0 saturated carbocycles. The third-order valence-corrected chi connectivity index (χ3v) is 3.13. The molecule has 5 nitrogen and oxygen atoms in total. The average Bonchev–Trinajstić information content (AvgIpc) is 2.39. The number of aromatic nitrogens is 1. The number of rotatable bonds is 4. The first kappa shape index (κ1) is 13.1. The molecular weight excluding hydrogens is 246 g/mol. The van der Waals surface area contributed by atoms with Gasteiger partial charge in [-0.25, -0.2) is 0 Å². The standard InChI is InChI=1S/C14H15NO4/c1-3-9(14(17)18)12-7-13(16)10-6-8(19-2)4-5-11(10)15-12/h4-7,9H,3H2,1-2H3,(H,15,16)(H,17,18)/p-1. The number of ether oxygens (including phenoxy) is 1. The van der Waals surface area contributed by atoms with Gasteiger partial charge in [0.05, 0.1) is 13.1 Å². The molecule has 0 aliphatic rings. The Kier molecular flexibility index (Phi) is 3.55. The lowest BCUT2D eigenvalue weighted by Crippen LogP contribution is -2.30. The Bertz CT molecular complexity index is 675. The van der Waals surface area contributed by atoms with Gasteiger partial charge < -0.3 is 19.6 Å². The van der Waals surface area contributed by atoms with Gasteiger partial charge in [-0.3, -0.25) is 4.79 Å². The highest BCUT2D eigenvalue weighted by atomic mass is 16.5. The quantitative estimate of drug-likeness (QED) is 0.880. The van der Waals surface area contributed by atoms with Crippen molar-refractivity contribution in [1.82, 2.24) is 4.98 Å². The largest absolute Gasteiger partial charge is 0.549 e. The minimum Gasteiger partial charge on any atom is -0.549 e. The fourth-order valence-corrected chi connectivity index (χ4v) is 2.08. The summed E-state index contributed by atoms with van der Waals surface area (Å²) in [6.45, 7) is 1.73. The number of pyridine rings is 1. The van der Waals surface area contributed by atoms with Crippen molar-refractivity contribution in [3.05, 3.63) is 40.2 Å². The van der Waals surface area contributed by atoms with Crippen LogP contribution in [0.5, 0.6) is 5.75 Å². The molecule has 0 saturated heterocycles. The minimum atomic E-state index is -1.19. The van der Waals surface area contributed by atoms with Crippen LogP contribution in [-0.4, -0.2) is 18.1 Å². The summed E-state index contributed by atoms with van der Waals surface area (Å²) in [6, 6.07) is 6.34. The highest BCUT2D eigenvalue weighted by Gasteiger charge is 2.13. The van der Waals surface area contributed by atoms with Gasteiger partial charge in [0.15, 0.2) is 5.43 Å². The van der Waals surface area contributed by atoms with E-state index in [9.17, 15) is 14.7 Å². The Morgan fingerprint density at radius 3 is 2.74 bits per heavy atom. The summed E-state index contributed by atoms with van der Waals surface area (Å²) in [5, 5.41) is 11.5. The Hall–Kier alpha value is -2.30. The summed E-state index contributed by atoms with van der Waals surface area (Å²) in [6.07, 6.45) is 0.361. The predicted octanol–water partition coefficient (Wildman–Crippen LogP) is 0.780. The number of hydrogen-bond acceptors (Lipinski definition) is 4. The van der Waals surface area contributed by atoms with Gasteiger partial charge in [0.2, 0.25) is 0 Å². The van der Waals surface area contributed by atoms with Gasteiger partial charge in [-0.15, -0.1) is 0 Å². The summed E-state index contributed by atoms with van der Waals surface area (Å²) in [5.74, 6) is -1.41. The normalized spacial score (nSPS) is 12.3. The average molecular weight is 260 g/mol. The second kappa shape index (κ2) is 5.14. The van der Waals surface area contributed by atoms with Crippen molar-refractivity contribution in [3.8, 4) is 5.75 Å². The molecule has 0 bridgehead atoms. The lowest BCUT2D eigenvalue weighted by Gasteiger charge is -2.16. The van der Waals surface area contributed by atoms with E-state index in [2.05, 4.69) is 4.98 Å². The number of methoxy groups -OCH3 is 1. The number of carbonyl (C=O) groups excluding carboxylic acids is 1. The maximum Gasteiger partial charge on any atom is 0.189 e. The molecule has 1 aromatic carbocycles. The molecule has 1 aromatic heterocycles. The number of nitrogens with one attached hydrogen (secondary N) is 1. The number of aromatic amines is 1. The van der Waals surface area contributed by atoms with Gasteiger partial charge in [-0.2, -0.15) is 0 Å². The van der Waals surface area contributed by atoms with E-state index >= 15 is 0 Å². The van der Waals surface area contributed by atoms with Crippen LogP contribution < -0.4 is 15.3 Å². The van der Waals surface area contributed by atoms with E-state index in [1.807, 2.05) is 0 Å². The van der Waals surface area contributed by atoms with E-state index in [0.717, 1.165) is 0 Å². The van der Waals surface area contributed by atoms with Crippen molar-refractivity contribution in [1.29, 1.82) is 0 Å². The van der Waals surface area contributed by atoms with Gasteiger partial charge in [-0.05, 0) is 24.6 Å². The third-order valence-electron chi connectivity index (χ3n) is 3.13. The van der Waals surface area contributed by atoms with E-state index in [4.69, 9.17) is 4.74 Å². The van der Waals surface area contributed by atoms with Crippen molar-refractivity contribution in [2.75, 3.05) is 7.11 Å². The molecule has 0 radical (unpaired) electrons. The summed E-state index contributed by atoms with van der Waals surface area (Å²) >= 11 is 0. The highest BCUT2D eigenvalue weighted by molar-refractivity contribution is 5.81. The van der Waals surface area contributed by atoms with Crippen LogP contribution in [0.2, 0.25) is 0 Å². The van der Waals surface area contributed by atoms with Crippen molar-refractivity contribution in [3.63, 3.8) is 0 Å². The van der Waals surface area contributed by atoms with Crippen LogP contribution in [0.15, 0.2) is 29.1 Å². The fourth-order valence-electron chi connectivity index (χ4n) is 2.08. The molecule has 2 rings (SSSR count). The molecule has 1 N–H and O–H groups in total. The van der Waals surface area contributed by atoms with Gasteiger partial charge in [0.25, 0.3) is 0 Å². The maximum atomic E-state index is 12.0. The molecule has 1 unspecified atom stereocenters. The first-order valence-electron chi connectivity index (χ1n) is 5.98. The first-order valence-corrected chi connectivity index (χ1v) is 5.98. The van der Waals surface area contributed by atoms with Crippen LogP contribution in [0.1, 0.15) is 25.0 Å². The number of carboxylic acid groups (broad SMARTS) is 1. The van der Waals surface area contributed by atoms with Crippen molar-refractivity contribution in [2.45, 2.75) is 19.3 Å². The number of H-pyrrole nitrogens is 1. The van der Waals surface area contributed by atoms with E-state index in [1.165, 1.54) is 13.2 Å². The third kappa shape index (κ3) is 2.45. The van der Waals surface area contributed by atoms with Crippen LogP contribution in [0.4, 0.5) is 0 Å². The molecule has 19 heavy (non-hydrogen) atoms. The predicted molar refractivity (Wildman–Crippen MR) is 69.2 cm³/mol. The SMILES string of the molecule is CCC(C(=O)[O-])c1cc(=O)c2cc(OC)ccc2[nH]1. The number of hydrogen-bond donors (Lipinski definition) is 1. The zero-order chi connectivity index (χ0) is 14.0. The summed E-state index contributed by atoms with van der Waals surface area (Å²) in [7, 11) is 1.52. The lowest BCUT2D eigenvalue weighted by atomic mass is 10.0. The Morgan fingerprint density at radius 1 is 1.42 bits per heavy atom. The Morgan fingerprint density at radius 2 is 2.16 bits per heavy atom. The highest BCUT2D eigenvalue weighted by Crippen LogP contribution is 2.20. The second-order valence-electron chi connectivity index (χ2n) is 4.28. The molecule has 1 atom stereocenters. The minimum absolute atomic E-state index is 0.234. The van der Waals surface area contributed by atoms with Gasteiger partial charge in [-0.1, -0.05) is 6.92 Å². The molecule has 1 heterocycles. The number of aliphatic carboxylic acids is 1. The van der Waals surface area contributed by atoms with Gasteiger partial charge >= 0.3 is 0 Å². The molecule has 0 amide bonds. The van der Waals surface area contributed by atoms with E-state index < -0.39 is 11.9 Å². The zero-order valence-corrected chi connectivity index (χ0v) is 10.7. The molecule has 2 aromatic rings. The fraction of sp³-hybridized carbons (Fsp3) is 0.286. The molecule has 0 aliphatic carbocycles. The molecule has 100 valence electrons. The molecule has 0 aliphatic heterocycles. The zero-order valence-electron chi connectivity index (χ0n) is 10.7. The Balaban J connectivity index is 2.62. The van der Waals surface area contributed by atoms with Crippen LogP contribution >= 0.6 is 0 Å². The second-order valence-corrected chi connectivity index (χ2v) is 4.28. The number of carbonyl (C=O) groups is 1. The smallest absolute Gasteiger partial charge is 0.189 e. The van der Waals surface area contributed by atoms with E-state index in [1.54, 1.807) is 25.1 Å². The van der Waals surface area contributed by atoms with E-state index in [0.29, 0.717) is 28.8 Å². The number of carboxylic acids is 1. The maximum absolute atomic E-state index is 12.0. The van der Waals surface area contributed by atoms with Crippen LogP contribution in [0.3, 0.4) is 0 Å². The van der Waals surface area contributed by atoms with Crippen molar-refractivity contribution >= 4 is 16.9 Å². The topological polar surface area (TPSA) is 82.2 Å². The first-order chi connectivity index (χ1) is 9.06. The van der Waals surface area contributed by atoms with Gasteiger partial charge in [0, 0.05) is 28.6 Å². The van der Waals surface area contributed by atoms with Gasteiger partial charge in [0.1, 0.15) is 5.75 Å². The van der Waals surface area contributed by atoms with Crippen molar-refractivity contribution in [2.24, 2.45) is 0 Å². The lowest BCUT2D eigenvalue weighted by molar-refractivity contribution is -0.308. The summed E-state index contributed by atoms with van der Waals surface area (Å²) < 4.78 is 5.06. The molecule has 5 heteroatoms.